The van der Waals surface area contributed by atoms with Crippen LogP contribution in [0.5, 0.6) is 0 Å². The van der Waals surface area contributed by atoms with Gasteiger partial charge in [0.25, 0.3) is 0 Å². The molecule has 0 aromatic carbocycles. The summed E-state index contributed by atoms with van der Waals surface area (Å²) in [6, 6.07) is 0. The van der Waals surface area contributed by atoms with Gasteiger partial charge in [-0.3, -0.25) is 0 Å². The first-order valence-electron chi connectivity index (χ1n) is 4.56. The third-order valence-electron chi connectivity index (χ3n) is 2.51. The SMILES string of the molecule is BrCCc1csc2c1CCCC2. The highest BCUT2D eigenvalue weighted by atomic mass is 79.9. The van der Waals surface area contributed by atoms with Crippen molar-refractivity contribution >= 4 is 27.3 Å². The van der Waals surface area contributed by atoms with E-state index in [1.54, 1.807) is 16.0 Å². The molecule has 0 aliphatic heterocycles. The third-order valence-corrected chi connectivity index (χ3v) is 4.05. The lowest BCUT2D eigenvalue weighted by molar-refractivity contribution is 0.692. The van der Waals surface area contributed by atoms with Gasteiger partial charge in [-0.2, -0.15) is 0 Å². The van der Waals surface area contributed by atoms with Crippen molar-refractivity contribution in [3.63, 3.8) is 0 Å². The van der Waals surface area contributed by atoms with Crippen molar-refractivity contribution in [2.75, 3.05) is 5.33 Å². The summed E-state index contributed by atoms with van der Waals surface area (Å²) >= 11 is 5.47. The van der Waals surface area contributed by atoms with Gasteiger partial charge in [-0.15, -0.1) is 11.3 Å². The van der Waals surface area contributed by atoms with Gasteiger partial charge in [0.05, 0.1) is 0 Å². The van der Waals surface area contributed by atoms with E-state index >= 15 is 0 Å². The third kappa shape index (κ3) is 1.60. The minimum Gasteiger partial charge on any atom is -0.148 e. The van der Waals surface area contributed by atoms with Gasteiger partial charge in [0, 0.05) is 10.2 Å². The van der Waals surface area contributed by atoms with Crippen molar-refractivity contribution in [2.24, 2.45) is 0 Å². The first-order valence-corrected chi connectivity index (χ1v) is 6.56. The van der Waals surface area contributed by atoms with Gasteiger partial charge in [-0.25, -0.2) is 0 Å². The monoisotopic (exact) mass is 244 g/mol. The maximum Gasteiger partial charge on any atom is 0.00800 e. The Morgan fingerprint density at radius 1 is 1.33 bits per heavy atom. The fraction of sp³-hybridized carbons (Fsp3) is 0.600. The van der Waals surface area contributed by atoms with E-state index in [2.05, 4.69) is 21.3 Å². The van der Waals surface area contributed by atoms with Crippen molar-refractivity contribution in [1.29, 1.82) is 0 Å². The Morgan fingerprint density at radius 2 is 2.17 bits per heavy atom. The van der Waals surface area contributed by atoms with Crippen LogP contribution in [0.4, 0.5) is 0 Å². The first kappa shape index (κ1) is 8.76. The molecule has 0 atom stereocenters. The van der Waals surface area contributed by atoms with Gasteiger partial charge in [0.1, 0.15) is 0 Å². The lowest BCUT2D eigenvalue weighted by Gasteiger charge is -2.11. The Morgan fingerprint density at radius 3 is 3.00 bits per heavy atom. The molecule has 0 unspecified atom stereocenters. The van der Waals surface area contributed by atoms with Crippen molar-refractivity contribution in [1.82, 2.24) is 0 Å². The normalized spacial score (nSPS) is 16.1. The van der Waals surface area contributed by atoms with E-state index < -0.39 is 0 Å². The molecule has 0 saturated heterocycles. The lowest BCUT2D eigenvalue weighted by atomic mass is 9.95. The molecule has 1 aromatic rings. The quantitative estimate of drug-likeness (QED) is 0.699. The van der Waals surface area contributed by atoms with Crippen LogP contribution in [0.2, 0.25) is 0 Å². The van der Waals surface area contributed by atoms with Gasteiger partial charge in [-0.1, -0.05) is 15.9 Å². The summed E-state index contributed by atoms with van der Waals surface area (Å²) in [4.78, 5) is 1.66. The molecule has 1 aromatic heterocycles. The predicted octanol–water partition coefficient (Wildman–Crippen LogP) is 3.56. The average Bonchev–Trinajstić information content (AvgIpc) is 2.50. The molecule has 2 rings (SSSR count). The number of alkyl halides is 1. The van der Waals surface area contributed by atoms with E-state index in [1.807, 2.05) is 11.3 Å². The molecule has 0 amide bonds. The minimum atomic E-state index is 1.11. The predicted molar refractivity (Wildman–Crippen MR) is 58.5 cm³/mol. The molecule has 1 aliphatic carbocycles. The van der Waals surface area contributed by atoms with Crippen molar-refractivity contribution in [3.05, 3.63) is 21.4 Å². The van der Waals surface area contributed by atoms with Crippen molar-refractivity contribution in [3.8, 4) is 0 Å². The number of rotatable bonds is 2. The van der Waals surface area contributed by atoms with Gasteiger partial charge >= 0.3 is 0 Å². The molecular formula is C10H13BrS. The van der Waals surface area contributed by atoms with Crippen LogP contribution in [0.15, 0.2) is 5.38 Å². The summed E-state index contributed by atoms with van der Waals surface area (Å²) in [6.07, 6.45) is 6.69. The van der Waals surface area contributed by atoms with E-state index in [0.29, 0.717) is 0 Å². The number of hydrogen-bond acceptors (Lipinski definition) is 1. The van der Waals surface area contributed by atoms with Gasteiger partial charge < -0.3 is 0 Å². The standard InChI is InChI=1S/C10H13BrS/c11-6-5-8-7-12-10-4-2-1-3-9(8)10/h7H,1-6H2. The maximum absolute atomic E-state index is 3.50. The Hall–Kier alpha value is 0.180. The number of thiophene rings is 1. The van der Waals surface area contributed by atoms with Crippen LogP contribution in [-0.2, 0) is 19.3 Å². The summed E-state index contributed by atoms with van der Waals surface area (Å²) < 4.78 is 0. The molecule has 0 radical (unpaired) electrons. The molecule has 0 bridgehead atoms. The smallest absolute Gasteiger partial charge is 0.00800 e. The Bertz CT molecular complexity index is 265. The second-order valence-corrected chi connectivity index (χ2v) is 5.07. The zero-order valence-electron chi connectivity index (χ0n) is 7.11. The fourth-order valence-electron chi connectivity index (χ4n) is 1.87. The summed E-state index contributed by atoms with van der Waals surface area (Å²) in [6.45, 7) is 0. The molecular weight excluding hydrogens is 232 g/mol. The summed E-state index contributed by atoms with van der Waals surface area (Å²) in [7, 11) is 0. The van der Waals surface area contributed by atoms with Crippen LogP contribution in [-0.4, -0.2) is 5.33 Å². The van der Waals surface area contributed by atoms with Crippen molar-refractivity contribution in [2.45, 2.75) is 32.1 Å². The Labute approximate surface area is 86.1 Å². The molecule has 2 heteroatoms. The highest BCUT2D eigenvalue weighted by Crippen LogP contribution is 2.30. The van der Waals surface area contributed by atoms with E-state index in [1.165, 1.54) is 32.1 Å². The summed E-state index contributed by atoms with van der Waals surface area (Å²) in [5.41, 5.74) is 3.29. The first-order chi connectivity index (χ1) is 5.92. The van der Waals surface area contributed by atoms with E-state index in [4.69, 9.17) is 0 Å². The second kappa shape index (κ2) is 3.93. The van der Waals surface area contributed by atoms with Crippen LogP contribution in [0.1, 0.15) is 28.8 Å². The summed E-state index contributed by atoms with van der Waals surface area (Å²) in [5.74, 6) is 0. The number of halogens is 1. The largest absolute Gasteiger partial charge is 0.148 e. The molecule has 12 heavy (non-hydrogen) atoms. The van der Waals surface area contributed by atoms with Crippen LogP contribution in [0.25, 0.3) is 0 Å². The van der Waals surface area contributed by atoms with Crippen LogP contribution in [0.3, 0.4) is 0 Å². The molecule has 0 fully saturated rings. The van der Waals surface area contributed by atoms with E-state index in [-0.39, 0.29) is 0 Å². The highest BCUT2D eigenvalue weighted by Gasteiger charge is 2.14. The van der Waals surface area contributed by atoms with Gasteiger partial charge in [-0.05, 0) is 48.6 Å². The van der Waals surface area contributed by atoms with Crippen LogP contribution in [0, 0.1) is 0 Å². The molecule has 0 spiro atoms. The van der Waals surface area contributed by atoms with Crippen molar-refractivity contribution < 1.29 is 0 Å². The topological polar surface area (TPSA) is 0 Å². The molecule has 66 valence electrons. The van der Waals surface area contributed by atoms with Crippen LogP contribution >= 0.6 is 27.3 Å². The van der Waals surface area contributed by atoms with E-state index in [9.17, 15) is 0 Å². The fourth-order valence-corrected chi connectivity index (χ4v) is 3.48. The van der Waals surface area contributed by atoms with Gasteiger partial charge in [0.15, 0.2) is 0 Å². The highest BCUT2D eigenvalue weighted by molar-refractivity contribution is 9.09. The summed E-state index contributed by atoms with van der Waals surface area (Å²) in [5, 5.41) is 3.47. The molecule has 1 heterocycles. The maximum atomic E-state index is 3.50. The number of fused-ring (bicyclic) bond motifs is 1. The number of aryl methyl sites for hydroxylation is 2. The molecule has 0 nitrogen and oxygen atoms in total. The molecule has 1 aliphatic rings. The Kier molecular flexibility index (Phi) is 2.87. The zero-order valence-corrected chi connectivity index (χ0v) is 9.51. The lowest BCUT2D eigenvalue weighted by Crippen LogP contribution is -2.01. The Balaban J connectivity index is 2.25. The molecule has 0 N–H and O–H groups in total. The van der Waals surface area contributed by atoms with Crippen LogP contribution < -0.4 is 0 Å². The minimum absolute atomic E-state index is 1.11. The zero-order chi connectivity index (χ0) is 8.39. The van der Waals surface area contributed by atoms with E-state index in [0.717, 1.165) is 5.33 Å². The number of hydrogen-bond donors (Lipinski definition) is 0. The average molecular weight is 245 g/mol. The second-order valence-electron chi connectivity index (χ2n) is 3.31. The van der Waals surface area contributed by atoms with Gasteiger partial charge in [0.2, 0.25) is 0 Å². The molecule has 0 saturated carbocycles.